The van der Waals surface area contributed by atoms with Crippen LogP contribution in [0.15, 0.2) is 18.2 Å². The molecule has 0 atom stereocenters. The number of nitrogens with zero attached hydrogens (tertiary/aromatic N) is 1. The van der Waals surface area contributed by atoms with E-state index in [0.717, 1.165) is 37.6 Å². The van der Waals surface area contributed by atoms with Crippen LogP contribution in [0.4, 0.5) is 11.4 Å². The number of hydrogen-bond donors (Lipinski definition) is 2. The van der Waals surface area contributed by atoms with Crippen LogP contribution in [0.25, 0.3) is 0 Å². The van der Waals surface area contributed by atoms with Gasteiger partial charge in [-0.25, -0.2) is 0 Å². The van der Waals surface area contributed by atoms with Crippen LogP contribution in [0.3, 0.4) is 0 Å². The van der Waals surface area contributed by atoms with Gasteiger partial charge in [-0.15, -0.1) is 0 Å². The van der Waals surface area contributed by atoms with Gasteiger partial charge in [0.25, 0.3) is 0 Å². The first kappa shape index (κ1) is 10.3. The quantitative estimate of drug-likeness (QED) is 0.696. The Morgan fingerprint density at radius 3 is 2.67 bits per heavy atom. The molecule has 0 aliphatic carbocycles. The lowest BCUT2D eigenvalue weighted by Gasteiger charge is -2.29. The Labute approximate surface area is 89.8 Å². The second-order valence-corrected chi connectivity index (χ2v) is 3.69. The molecule has 2 rings (SSSR count). The van der Waals surface area contributed by atoms with Gasteiger partial charge in [0.15, 0.2) is 0 Å². The summed E-state index contributed by atoms with van der Waals surface area (Å²) >= 11 is 0. The highest BCUT2D eigenvalue weighted by atomic mass is 16.5. The first-order valence-electron chi connectivity index (χ1n) is 5.22. The van der Waals surface area contributed by atoms with E-state index in [1.54, 1.807) is 0 Å². The fourth-order valence-electron chi connectivity index (χ4n) is 1.79. The van der Waals surface area contributed by atoms with E-state index in [2.05, 4.69) is 11.0 Å². The molecule has 82 valence electrons. The molecular weight excluding hydrogens is 190 g/mol. The minimum absolute atomic E-state index is 0.490. The summed E-state index contributed by atoms with van der Waals surface area (Å²) in [6, 6.07) is 6.04. The summed E-state index contributed by atoms with van der Waals surface area (Å²) in [5, 5.41) is 0. The van der Waals surface area contributed by atoms with E-state index in [9.17, 15) is 0 Å². The van der Waals surface area contributed by atoms with Crippen LogP contribution >= 0.6 is 0 Å². The van der Waals surface area contributed by atoms with Crippen LogP contribution in [0.1, 0.15) is 5.56 Å². The van der Waals surface area contributed by atoms with Gasteiger partial charge in [-0.05, 0) is 23.8 Å². The summed E-state index contributed by atoms with van der Waals surface area (Å²) in [7, 11) is 0. The summed E-state index contributed by atoms with van der Waals surface area (Å²) in [6.45, 7) is 3.95. The standard InChI is InChI=1S/C11H17N3O/c12-8-9-7-10(1-2-11(9)13)14-3-5-15-6-4-14/h1-2,7H,3-6,8,12-13H2. The van der Waals surface area contributed by atoms with Gasteiger partial charge in [-0.1, -0.05) is 0 Å². The zero-order valence-corrected chi connectivity index (χ0v) is 8.78. The third kappa shape index (κ3) is 2.22. The van der Waals surface area contributed by atoms with Crippen LogP contribution in [0.5, 0.6) is 0 Å². The molecule has 1 aliphatic rings. The first-order chi connectivity index (χ1) is 7.31. The molecule has 1 aromatic rings. The fourth-order valence-corrected chi connectivity index (χ4v) is 1.79. The zero-order chi connectivity index (χ0) is 10.7. The Kier molecular flexibility index (Phi) is 3.08. The molecule has 0 saturated carbocycles. The monoisotopic (exact) mass is 207 g/mol. The van der Waals surface area contributed by atoms with E-state index in [1.807, 2.05) is 12.1 Å². The topological polar surface area (TPSA) is 64.5 Å². The highest BCUT2D eigenvalue weighted by Crippen LogP contribution is 2.21. The molecule has 0 unspecified atom stereocenters. The SMILES string of the molecule is NCc1cc(N2CCOCC2)ccc1N. The lowest BCUT2D eigenvalue weighted by atomic mass is 10.1. The molecule has 1 heterocycles. The van der Waals surface area contributed by atoms with Gasteiger partial charge < -0.3 is 21.1 Å². The van der Waals surface area contributed by atoms with Crippen LogP contribution in [0.2, 0.25) is 0 Å². The lowest BCUT2D eigenvalue weighted by molar-refractivity contribution is 0.122. The van der Waals surface area contributed by atoms with Crippen molar-refractivity contribution < 1.29 is 4.74 Å². The zero-order valence-electron chi connectivity index (χ0n) is 8.78. The molecule has 1 aromatic carbocycles. The van der Waals surface area contributed by atoms with Gasteiger partial charge in [0.1, 0.15) is 0 Å². The van der Waals surface area contributed by atoms with Crippen molar-refractivity contribution in [3.05, 3.63) is 23.8 Å². The van der Waals surface area contributed by atoms with Gasteiger partial charge in [0.05, 0.1) is 13.2 Å². The van der Waals surface area contributed by atoms with Crippen LogP contribution in [-0.2, 0) is 11.3 Å². The van der Waals surface area contributed by atoms with Crippen LogP contribution < -0.4 is 16.4 Å². The van der Waals surface area contributed by atoms with Gasteiger partial charge in [0.2, 0.25) is 0 Å². The van der Waals surface area contributed by atoms with Gasteiger partial charge >= 0.3 is 0 Å². The minimum atomic E-state index is 0.490. The lowest BCUT2D eigenvalue weighted by Crippen LogP contribution is -2.36. The maximum absolute atomic E-state index is 5.81. The molecule has 1 fully saturated rings. The van der Waals surface area contributed by atoms with Crippen molar-refractivity contribution in [1.29, 1.82) is 0 Å². The largest absolute Gasteiger partial charge is 0.398 e. The van der Waals surface area contributed by atoms with Crippen molar-refractivity contribution in [3.63, 3.8) is 0 Å². The summed E-state index contributed by atoms with van der Waals surface area (Å²) in [5.41, 5.74) is 14.4. The van der Waals surface area contributed by atoms with E-state index in [0.29, 0.717) is 6.54 Å². The third-order valence-corrected chi connectivity index (χ3v) is 2.72. The Morgan fingerprint density at radius 1 is 1.27 bits per heavy atom. The van der Waals surface area contributed by atoms with E-state index in [-0.39, 0.29) is 0 Å². The highest BCUT2D eigenvalue weighted by molar-refractivity contribution is 5.58. The molecule has 0 amide bonds. The normalized spacial score (nSPS) is 16.7. The summed E-state index contributed by atoms with van der Waals surface area (Å²) in [6.07, 6.45) is 0. The molecular formula is C11H17N3O. The van der Waals surface area contributed by atoms with Gasteiger partial charge in [0, 0.05) is 31.0 Å². The fraction of sp³-hybridized carbons (Fsp3) is 0.455. The van der Waals surface area contributed by atoms with E-state index in [1.165, 1.54) is 5.69 Å². The second kappa shape index (κ2) is 4.51. The smallest absolute Gasteiger partial charge is 0.0642 e. The van der Waals surface area contributed by atoms with Crippen molar-refractivity contribution in [3.8, 4) is 0 Å². The van der Waals surface area contributed by atoms with Crippen molar-refractivity contribution in [2.45, 2.75) is 6.54 Å². The third-order valence-electron chi connectivity index (χ3n) is 2.72. The number of hydrogen-bond acceptors (Lipinski definition) is 4. The van der Waals surface area contributed by atoms with Crippen molar-refractivity contribution in [2.24, 2.45) is 5.73 Å². The molecule has 4 heteroatoms. The molecule has 1 saturated heterocycles. The predicted molar refractivity (Wildman–Crippen MR) is 61.8 cm³/mol. The maximum Gasteiger partial charge on any atom is 0.0642 e. The number of morpholine rings is 1. The van der Waals surface area contributed by atoms with Crippen LogP contribution in [0, 0.1) is 0 Å². The number of benzene rings is 1. The van der Waals surface area contributed by atoms with E-state index >= 15 is 0 Å². The van der Waals surface area contributed by atoms with E-state index < -0.39 is 0 Å². The molecule has 4 nitrogen and oxygen atoms in total. The molecule has 4 N–H and O–H groups in total. The van der Waals surface area contributed by atoms with Crippen molar-refractivity contribution >= 4 is 11.4 Å². The number of nitrogens with two attached hydrogens (primary N) is 2. The summed E-state index contributed by atoms with van der Waals surface area (Å²) < 4.78 is 5.31. The average molecular weight is 207 g/mol. The molecule has 15 heavy (non-hydrogen) atoms. The highest BCUT2D eigenvalue weighted by Gasteiger charge is 2.11. The molecule has 0 aromatic heterocycles. The molecule has 0 bridgehead atoms. The van der Waals surface area contributed by atoms with E-state index in [4.69, 9.17) is 16.2 Å². The number of rotatable bonds is 2. The molecule has 0 radical (unpaired) electrons. The second-order valence-electron chi connectivity index (χ2n) is 3.69. The maximum atomic E-state index is 5.81. The average Bonchev–Trinajstić information content (AvgIpc) is 2.31. The van der Waals surface area contributed by atoms with Crippen LogP contribution in [-0.4, -0.2) is 26.3 Å². The molecule has 0 spiro atoms. The van der Waals surface area contributed by atoms with Crippen molar-refractivity contribution in [1.82, 2.24) is 0 Å². The Balaban J connectivity index is 2.20. The minimum Gasteiger partial charge on any atom is -0.398 e. The summed E-state index contributed by atoms with van der Waals surface area (Å²) in [5.74, 6) is 0. The number of anilines is 2. The van der Waals surface area contributed by atoms with Crippen molar-refractivity contribution in [2.75, 3.05) is 36.9 Å². The Morgan fingerprint density at radius 2 is 2.00 bits per heavy atom. The molecule has 1 aliphatic heterocycles. The van der Waals surface area contributed by atoms with Gasteiger partial charge in [-0.3, -0.25) is 0 Å². The number of ether oxygens (including phenoxy) is 1. The first-order valence-corrected chi connectivity index (χ1v) is 5.22. The Bertz CT molecular complexity index is 335. The summed E-state index contributed by atoms with van der Waals surface area (Å²) in [4.78, 5) is 2.29. The van der Waals surface area contributed by atoms with Gasteiger partial charge in [-0.2, -0.15) is 0 Å². The number of nitrogen functional groups attached to an aromatic ring is 1. The Hall–Kier alpha value is -1.26. The predicted octanol–water partition coefficient (Wildman–Crippen LogP) is 0.564.